The van der Waals surface area contributed by atoms with Crippen LogP contribution in [0.4, 0.5) is 0 Å². The smallest absolute Gasteiger partial charge is 0.261 e. The van der Waals surface area contributed by atoms with Gasteiger partial charge < -0.3 is 10.2 Å². The van der Waals surface area contributed by atoms with E-state index in [0.717, 1.165) is 32.4 Å². The van der Waals surface area contributed by atoms with Crippen molar-refractivity contribution in [3.63, 3.8) is 0 Å². The average molecular weight is 312 g/mol. The summed E-state index contributed by atoms with van der Waals surface area (Å²) in [5.74, 6) is 0.0281. The molecule has 1 aromatic carbocycles. The third-order valence-electron chi connectivity index (χ3n) is 4.98. The summed E-state index contributed by atoms with van der Waals surface area (Å²) in [5.41, 5.74) is 0.518. The van der Waals surface area contributed by atoms with Crippen LogP contribution in [0.5, 0.6) is 0 Å². The number of amides is 1. The number of para-hydroxylation sites is 1. The molecule has 120 valence electrons. The van der Waals surface area contributed by atoms with Crippen LogP contribution >= 0.6 is 0 Å². The van der Waals surface area contributed by atoms with Crippen LogP contribution in [0.25, 0.3) is 10.9 Å². The maximum atomic E-state index is 12.8. The van der Waals surface area contributed by atoms with E-state index in [0.29, 0.717) is 16.9 Å². The van der Waals surface area contributed by atoms with Gasteiger partial charge in [0, 0.05) is 18.6 Å². The van der Waals surface area contributed by atoms with E-state index < -0.39 is 0 Å². The number of hydrogen-bond acceptors (Lipinski definition) is 4. The highest BCUT2D eigenvalue weighted by Crippen LogP contribution is 2.28. The zero-order chi connectivity index (χ0) is 15.8. The molecular weight excluding hydrogens is 292 g/mol. The van der Waals surface area contributed by atoms with E-state index >= 15 is 0 Å². The second-order valence-corrected chi connectivity index (χ2v) is 6.37. The number of aromatic nitrogens is 2. The zero-order valence-electron chi connectivity index (χ0n) is 12.9. The second kappa shape index (κ2) is 5.77. The number of carbonyl (C=O) groups excluding carboxylic acids is 1. The highest BCUT2D eigenvalue weighted by Gasteiger charge is 2.37. The first-order chi connectivity index (χ1) is 11.2. The van der Waals surface area contributed by atoms with E-state index in [1.54, 1.807) is 6.07 Å². The van der Waals surface area contributed by atoms with Crippen LogP contribution in [0.2, 0.25) is 0 Å². The minimum atomic E-state index is -0.149. The van der Waals surface area contributed by atoms with Gasteiger partial charge >= 0.3 is 0 Å². The Morgan fingerprint density at radius 3 is 2.96 bits per heavy atom. The molecule has 1 aromatic heterocycles. The van der Waals surface area contributed by atoms with Crippen LogP contribution < -0.4 is 10.9 Å². The first-order valence-corrected chi connectivity index (χ1v) is 8.20. The second-order valence-electron chi connectivity index (χ2n) is 6.37. The minimum Gasteiger partial charge on any atom is -0.334 e. The lowest BCUT2D eigenvalue weighted by Crippen LogP contribution is -2.45. The molecule has 2 aromatic rings. The molecule has 3 heterocycles. The number of hydrogen-bond donors (Lipinski definition) is 1. The molecule has 2 aliphatic rings. The largest absolute Gasteiger partial charge is 0.334 e. The number of rotatable bonds is 2. The van der Waals surface area contributed by atoms with Gasteiger partial charge in [0.2, 0.25) is 5.91 Å². The lowest BCUT2D eigenvalue weighted by atomic mass is 10.1. The van der Waals surface area contributed by atoms with Crippen molar-refractivity contribution in [2.24, 2.45) is 0 Å². The summed E-state index contributed by atoms with van der Waals surface area (Å²) in [5, 5.41) is 3.95. The Balaban J connectivity index is 1.62. The third-order valence-corrected chi connectivity index (χ3v) is 4.98. The highest BCUT2D eigenvalue weighted by atomic mass is 16.2. The van der Waals surface area contributed by atoms with Crippen molar-refractivity contribution in [3.05, 3.63) is 40.9 Å². The van der Waals surface area contributed by atoms with Crippen molar-refractivity contribution in [3.8, 4) is 0 Å². The third kappa shape index (κ3) is 2.53. The van der Waals surface area contributed by atoms with Crippen LogP contribution in [0.3, 0.4) is 0 Å². The first kappa shape index (κ1) is 14.4. The van der Waals surface area contributed by atoms with E-state index in [-0.39, 0.29) is 24.1 Å². The molecule has 0 radical (unpaired) electrons. The summed E-state index contributed by atoms with van der Waals surface area (Å²) in [7, 11) is 0. The maximum Gasteiger partial charge on any atom is 0.261 e. The molecule has 6 heteroatoms. The maximum absolute atomic E-state index is 12.8. The summed E-state index contributed by atoms with van der Waals surface area (Å²) < 4.78 is 1.43. The molecule has 6 nitrogen and oxygen atoms in total. The number of fused-ring (bicyclic) bond motifs is 3. The number of carbonyl (C=O) groups is 1. The summed E-state index contributed by atoms with van der Waals surface area (Å²) in [6.07, 6.45) is 4.60. The fourth-order valence-corrected chi connectivity index (χ4v) is 3.84. The summed E-state index contributed by atoms with van der Waals surface area (Å²) in [6.45, 7) is 1.89. The summed E-state index contributed by atoms with van der Waals surface area (Å²) in [4.78, 5) is 31.6. The predicted octanol–water partition coefficient (Wildman–Crippen LogP) is 0.749. The molecule has 0 spiro atoms. The van der Waals surface area contributed by atoms with Crippen molar-refractivity contribution in [2.75, 3.05) is 13.1 Å². The summed E-state index contributed by atoms with van der Waals surface area (Å²) in [6, 6.07) is 7.81. The molecule has 0 saturated carbocycles. The lowest BCUT2D eigenvalue weighted by molar-refractivity contribution is -0.134. The molecule has 2 unspecified atom stereocenters. The summed E-state index contributed by atoms with van der Waals surface area (Å²) >= 11 is 0. The molecule has 2 bridgehead atoms. The molecular formula is C17H20N4O2. The van der Waals surface area contributed by atoms with Crippen molar-refractivity contribution in [1.29, 1.82) is 0 Å². The molecule has 1 amide bonds. The monoisotopic (exact) mass is 312 g/mol. The molecule has 4 rings (SSSR count). The van der Waals surface area contributed by atoms with E-state index in [9.17, 15) is 9.59 Å². The Kier molecular flexibility index (Phi) is 3.61. The van der Waals surface area contributed by atoms with Crippen molar-refractivity contribution < 1.29 is 4.79 Å². The molecule has 0 aliphatic carbocycles. The Hall–Kier alpha value is -2.21. The normalized spacial score (nSPS) is 23.9. The van der Waals surface area contributed by atoms with Gasteiger partial charge in [-0.15, -0.1) is 0 Å². The fraction of sp³-hybridized carbons (Fsp3) is 0.471. The average Bonchev–Trinajstić information content (AvgIpc) is 2.83. The van der Waals surface area contributed by atoms with Gasteiger partial charge in [-0.1, -0.05) is 12.1 Å². The number of nitrogens with one attached hydrogen (secondary N) is 1. The van der Waals surface area contributed by atoms with Gasteiger partial charge in [-0.3, -0.25) is 14.2 Å². The van der Waals surface area contributed by atoms with Gasteiger partial charge in [-0.2, -0.15) is 0 Å². The quantitative estimate of drug-likeness (QED) is 0.888. The van der Waals surface area contributed by atoms with Crippen LogP contribution in [0.1, 0.15) is 19.3 Å². The Morgan fingerprint density at radius 2 is 2.04 bits per heavy atom. The number of nitrogens with zero attached hydrogens (tertiary/aromatic N) is 3. The van der Waals surface area contributed by atoms with E-state index in [1.165, 1.54) is 10.9 Å². The van der Waals surface area contributed by atoms with Crippen molar-refractivity contribution >= 4 is 16.8 Å². The molecule has 2 saturated heterocycles. The molecule has 2 fully saturated rings. The van der Waals surface area contributed by atoms with Gasteiger partial charge in [0.15, 0.2) is 0 Å². The van der Waals surface area contributed by atoms with Gasteiger partial charge in [0.05, 0.1) is 17.2 Å². The topological polar surface area (TPSA) is 67.2 Å². The SMILES string of the molecule is O=C(Cn1cnc2ccccc2c1=O)N1C2CCNCC1CC2. The number of benzene rings is 1. The standard InChI is InChI=1S/C17H20N4O2/c22-16(21-12-5-6-13(21)9-18-8-7-12)10-20-11-19-15-4-2-1-3-14(15)17(20)23/h1-4,11-13,18H,5-10H2. The van der Waals surface area contributed by atoms with Gasteiger partial charge in [-0.25, -0.2) is 4.98 Å². The van der Waals surface area contributed by atoms with Gasteiger partial charge in [0.1, 0.15) is 6.54 Å². The zero-order valence-corrected chi connectivity index (χ0v) is 12.9. The Labute approximate surface area is 134 Å². The van der Waals surface area contributed by atoms with Gasteiger partial charge in [0.25, 0.3) is 5.56 Å². The van der Waals surface area contributed by atoms with E-state index in [2.05, 4.69) is 10.3 Å². The Morgan fingerprint density at radius 1 is 1.22 bits per heavy atom. The predicted molar refractivity (Wildman–Crippen MR) is 87.1 cm³/mol. The van der Waals surface area contributed by atoms with Crippen LogP contribution in [-0.4, -0.2) is 45.5 Å². The molecule has 1 N–H and O–H groups in total. The van der Waals surface area contributed by atoms with E-state index in [4.69, 9.17) is 0 Å². The fourth-order valence-electron chi connectivity index (χ4n) is 3.84. The van der Waals surface area contributed by atoms with Crippen LogP contribution in [0, 0.1) is 0 Å². The molecule has 2 atom stereocenters. The first-order valence-electron chi connectivity index (χ1n) is 8.20. The van der Waals surface area contributed by atoms with Crippen molar-refractivity contribution in [1.82, 2.24) is 19.8 Å². The van der Waals surface area contributed by atoms with Crippen LogP contribution in [0.15, 0.2) is 35.4 Å². The minimum absolute atomic E-state index is 0.0281. The lowest BCUT2D eigenvalue weighted by Gasteiger charge is -2.28. The Bertz CT molecular complexity index is 787. The molecule has 23 heavy (non-hydrogen) atoms. The molecule has 2 aliphatic heterocycles. The van der Waals surface area contributed by atoms with Crippen LogP contribution in [-0.2, 0) is 11.3 Å². The van der Waals surface area contributed by atoms with Crippen molar-refractivity contribution in [2.45, 2.75) is 37.9 Å². The van der Waals surface area contributed by atoms with Gasteiger partial charge in [-0.05, 0) is 37.9 Å². The van der Waals surface area contributed by atoms with E-state index in [1.807, 2.05) is 23.1 Å². The highest BCUT2D eigenvalue weighted by molar-refractivity contribution is 5.79.